The largest absolute Gasteiger partial charge is 0.355 e. The van der Waals surface area contributed by atoms with Gasteiger partial charge in [-0.15, -0.1) is 0 Å². The lowest BCUT2D eigenvalue weighted by atomic mass is 10.1. The maximum atomic E-state index is 12.5. The first-order valence-corrected chi connectivity index (χ1v) is 10.3. The van der Waals surface area contributed by atoms with E-state index < -0.39 is 0 Å². The van der Waals surface area contributed by atoms with E-state index in [4.69, 9.17) is 0 Å². The number of amides is 1. The Kier molecular flexibility index (Phi) is 7.19. The number of pyridine rings is 1. The number of hydrogen-bond acceptors (Lipinski definition) is 4. The first-order chi connectivity index (χ1) is 14.0. The molecule has 5 nitrogen and oxygen atoms in total. The van der Waals surface area contributed by atoms with Crippen molar-refractivity contribution in [3.63, 3.8) is 0 Å². The summed E-state index contributed by atoms with van der Waals surface area (Å²) < 4.78 is 0. The van der Waals surface area contributed by atoms with Crippen LogP contribution in [0.3, 0.4) is 0 Å². The Morgan fingerprint density at radius 2 is 1.83 bits per heavy atom. The summed E-state index contributed by atoms with van der Waals surface area (Å²) in [5, 5.41) is 10.8. The van der Waals surface area contributed by atoms with Gasteiger partial charge in [-0.3, -0.25) is 9.78 Å². The van der Waals surface area contributed by atoms with E-state index in [9.17, 15) is 4.79 Å². The molecule has 0 aliphatic heterocycles. The lowest BCUT2D eigenvalue weighted by Gasteiger charge is -2.12. The van der Waals surface area contributed by atoms with E-state index in [0.717, 1.165) is 47.5 Å². The minimum atomic E-state index is -0.0601. The van der Waals surface area contributed by atoms with Gasteiger partial charge in [0.05, 0.1) is 5.52 Å². The van der Waals surface area contributed by atoms with Crippen LogP contribution in [0.25, 0.3) is 10.9 Å². The fourth-order valence-electron chi connectivity index (χ4n) is 3.19. The molecular weight excluding hydrogens is 360 g/mol. The van der Waals surface area contributed by atoms with Gasteiger partial charge in [-0.2, -0.15) is 0 Å². The second-order valence-electron chi connectivity index (χ2n) is 7.72. The molecule has 2 aromatic carbocycles. The molecule has 0 radical (unpaired) electrons. The predicted octanol–water partition coefficient (Wildman–Crippen LogP) is 4.65. The Morgan fingerprint density at radius 3 is 2.66 bits per heavy atom. The smallest absolute Gasteiger partial charge is 0.251 e. The number of anilines is 2. The Hall–Kier alpha value is -2.92. The van der Waals surface area contributed by atoms with Gasteiger partial charge in [-0.05, 0) is 56.1 Å². The van der Waals surface area contributed by atoms with Gasteiger partial charge in [0.2, 0.25) is 0 Å². The second kappa shape index (κ2) is 10.0. The van der Waals surface area contributed by atoms with Crippen molar-refractivity contribution in [2.45, 2.75) is 27.2 Å². The summed E-state index contributed by atoms with van der Waals surface area (Å²) in [5.74, 6) is 0.628. The van der Waals surface area contributed by atoms with Crippen molar-refractivity contribution in [3.05, 3.63) is 65.9 Å². The first-order valence-electron chi connectivity index (χ1n) is 10.3. The number of carbonyl (C=O) groups excluding carboxylic acids is 1. The first kappa shape index (κ1) is 20.8. The van der Waals surface area contributed by atoms with Crippen molar-refractivity contribution < 1.29 is 4.79 Å². The van der Waals surface area contributed by atoms with Crippen molar-refractivity contribution in [1.29, 1.82) is 0 Å². The molecule has 1 aromatic heterocycles. The van der Waals surface area contributed by atoms with E-state index >= 15 is 0 Å². The van der Waals surface area contributed by atoms with Gasteiger partial charge in [-0.25, -0.2) is 0 Å². The standard InChI is InChI=1S/C24H30N4O/c1-17(2)11-12-25-13-14-26-24(29)19-7-6-8-20(16-19)28-23-15-18(3)27-22-10-5-4-9-21(22)23/h4-10,15-17,25H,11-14H2,1-3H3,(H,26,29)(H,27,28). The summed E-state index contributed by atoms with van der Waals surface area (Å²) in [6.07, 6.45) is 1.14. The SMILES string of the molecule is Cc1cc(Nc2cccc(C(=O)NCCNCCC(C)C)c2)c2ccccc2n1. The molecule has 0 bridgehead atoms. The molecule has 0 spiro atoms. The van der Waals surface area contributed by atoms with Gasteiger partial charge in [-0.1, -0.05) is 38.1 Å². The van der Waals surface area contributed by atoms with Gasteiger partial charge in [0.15, 0.2) is 0 Å². The van der Waals surface area contributed by atoms with Crippen molar-refractivity contribution in [1.82, 2.24) is 15.6 Å². The number of rotatable bonds is 9. The Labute approximate surface area is 172 Å². The number of nitrogens with one attached hydrogen (secondary N) is 3. The number of para-hydroxylation sites is 1. The van der Waals surface area contributed by atoms with Gasteiger partial charge in [0.25, 0.3) is 5.91 Å². The highest BCUT2D eigenvalue weighted by molar-refractivity contribution is 5.96. The number of aryl methyl sites for hydroxylation is 1. The van der Waals surface area contributed by atoms with E-state index in [-0.39, 0.29) is 5.91 Å². The third-order valence-electron chi connectivity index (χ3n) is 4.73. The van der Waals surface area contributed by atoms with E-state index in [2.05, 4.69) is 34.8 Å². The Morgan fingerprint density at radius 1 is 1.00 bits per heavy atom. The zero-order chi connectivity index (χ0) is 20.6. The van der Waals surface area contributed by atoms with Crippen LogP contribution in [0.15, 0.2) is 54.6 Å². The maximum Gasteiger partial charge on any atom is 0.251 e. The summed E-state index contributed by atoms with van der Waals surface area (Å²) >= 11 is 0. The number of nitrogens with zero attached hydrogens (tertiary/aromatic N) is 1. The number of benzene rings is 2. The highest BCUT2D eigenvalue weighted by atomic mass is 16.1. The van der Waals surface area contributed by atoms with E-state index in [1.165, 1.54) is 0 Å². The molecule has 1 amide bonds. The summed E-state index contributed by atoms with van der Waals surface area (Å²) in [4.78, 5) is 17.1. The fourth-order valence-corrected chi connectivity index (χ4v) is 3.19. The Balaban J connectivity index is 1.62. The molecule has 0 aliphatic rings. The van der Waals surface area contributed by atoms with Crippen molar-refractivity contribution in [3.8, 4) is 0 Å². The molecule has 152 valence electrons. The quantitative estimate of drug-likeness (QED) is 0.465. The zero-order valence-electron chi connectivity index (χ0n) is 17.5. The van der Waals surface area contributed by atoms with Crippen molar-refractivity contribution >= 4 is 28.2 Å². The van der Waals surface area contributed by atoms with E-state index in [1.54, 1.807) is 0 Å². The average molecular weight is 391 g/mol. The second-order valence-corrected chi connectivity index (χ2v) is 7.72. The van der Waals surface area contributed by atoms with Crippen LogP contribution in [-0.4, -0.2) is 30.5 Å². The van der Waals surface area contributed by atoms with Gasteiger partial charge in [0, 0.05) is 41.1 Å². The van der Waals surface area contributed by atoms with Crippen LogP contribution < -0.4 is 16.0 Å². The minimum absolute atomic E-state index is 0.0601. The molecule has 3 aromatic rings. The maximum absolute atomic E-state index is 12.5. The number of aromatic nitrogens is 1. The summed E-state index contributed by atoms with van der Waals surface area (Å²) in [7, 11) is 0. The van der Waals surface area contributed by atoms with Gasteiger partial charge < -0.3 is 16.0 Å². The molecular formula is C24H30N4O. The normalized spacial score (nSPS) is 11.0. The monoisotopic (exact) mass is 390 g/mol. The highest BCUT2D eigenvalue weighted by Gasteiger charge is 2.08. The van der Waals surface area contributed by atoms with Gasteiger partial charge in [0.1, 0.15) is 0 Å². The lowest BCUT2D eigenvalue weighted by molar-refractivity contribution is 0.0954. The topological polar surface area (TPSA) is 66.1 Å². The van der Waals surface area contributed by atoms with Crippen LogP contribution in [0, 0.1) is 12.8 Å². The fraction of sp³-hybridized carbons (Fsp3) is 0.333. The summed E-state index contributed by atoms with van der Waals surface area (Å²) in [6, 6.07) is 17.7. The molecule has 0 unspecified atom stereocenters. The average Bonchev–Trinajstić information content (AvgIpc) is 2.70. The number of fused-ring (bicyclic) bond motifs is 1. The third-order valence-corrected chi connectivity index (χ3v) is 4.73. The van der Waals surface area contributed by atoms with E-state index in [1.807, 2.05) is 61.5 Å². The molecule has 29 heavy (non-hydrogen) atoms. The summed E-state index contributed by atoms with van der Waals surface area (Å²) in [5.41, 5.74) is 4.41. The molecule has 0 saturated heterocycles. The van der Waals surface area contributed by atoms with Crippen LogP contribution in [0.5, 0.6) is 0 Å². The minimum Gasteiger partial charge on any atom is -0.355 e. The van der Waals surface area contributed by atoms with E-state index in [0.29, 0.717) is 18.0 Å². The van der Waals surface area contributed by atoms with Crippen LogP contribution in [0.1, 0.15) is 36.3 Å². The van der Waals surface area contributed by atoms with Crippen molar-refractivity contribution in [2.75, 3.05) is 25.0 Å². The van der Waals surface area contributed by atoms with Crippen LogP contribution in [-0.2, 0) is 0 Å². The molecule has 0 fully saturated rings. The van der Waals surface area contributed by atoms with Crippen molar-refractivity contribution in [2.24, 2.45) is 5.92 Å². The summed E-state index contributed by atoms with van der Waals surface area (Å²) in [6.45, 7) is 8.77. The Bertz CT molecular complexity index is 968. The molecule has 5 heteroatoms. The molecule has 0 saturated carbocycles. The van der Waals surface area contributed by atoms with Crippen LogP contribution in [0.4, 0.5) is 11.4 Å². The molecule has 1 heterocycles. The zero-order valence-corrected chi connectivity index (χ0v) is 17.5. The third kappa shape index (κ3) is 6.03. The number of carbonyl (C=O) groups is 1. The molecule has 3 N–H and O–H groups in total. The lowest BCUT2D eigenvalue weighted by Crippen LogP contribution is -2.32. The predicted molar refractivity (Wildman–Crippen MR) is 121 cm³/mol. The highest BCUT2D eigenvalue weighted by Crippen LogP contribution is 2.26. The molecule has 0 aliphatic carbocycles. The van der Waals surface area contributed by atoms with Gasteiger partial charge >= 0.3 is 0 Å². The van der Waals surface area contributed by atoms with Crippen LogP contribution in [0.2, 0.25) is 0 Å². The molecule has 3 rings (SSSR count). The van der Waals surface area contributed by atoms with Crippen LogP contribution >= 0.6 is 0 Å². The number of hydrogen-bond donors (Lipinski definition) is 3. The molecule has 0 atom stereocenters.